The summed E-state index contributed by atoms with van der Waals surface area (Å²) >= 11 is 0. The molecule has 0 atom stereocenters. The standard InChI is InChI=1S/C15H18FN5O2/c1-18-14(22)13(17-19(2)15(18)23)21-9-7-20(8-10-21)12-5-3-11(16)4-6-12/h3-6H,7-10H2,1-2H3. The zero-order valence-electron chi connectivity index (χ0n) is 13.1. The molecule has 1 aliphatic heterocycles. The number of benzene rings is 1. The number of halogens is 1. The number of hydrogen-bond acceptors (Lipinski definition) is 5. The van der Waals surface area contributed by atoms with E-state index in [4.69, 9.17) is 0 Å². The van der Waals surface area contributed by atoms with Crippen molar-refractivity contribution in [1.29, 1.82) is 0 Å². The minimum atomic E-state index is -0.441. The molecule has 0 unspecified atom stereocenters. The lowest BCUT2D eigenvalue weighted by Crippen LogP contribution is -2.50. The second-order valence-electron chi connectivity index (χ2n) is 5.54. The third-order valence-corrected chi connectivity index (χ3v) is 4.08. The van der Waals surface area contributed by atoms with Crippen molar-refractivity contribution < 1.29 is 4.39 Å². The summed E-state index contributed by atoms with van der Waals surface area (Å²) in [6.45, 7) is 2.61. The Hall–Kier alpha value is -2.64. The number of aromatic nitrogens is 3. The summed E-state index contributed by atoms with van der Waals surface area (Å²) in [4.78, 5) is 27.9. The van der Waals surface area contributed by atoms with E-state index in [1.807, 2.05) is 4.90 Å². The fourth-order valence-electron chi connectivity index (χ4n) is 2.71. The number of piperazine rings is 1. The molecule has 0 aliphatic carbocycles. The quantitative estimate of drug-likeness (QED) is 0.776. The van der Waals surface area contributed by atoms with Crippen molar-refractivity contribution in [3.63, 3.8) is 0 Å². The fourth-order valence-corrected chi connectivity index (χ4v) is 2.71. The lowest BCUT2D eigenvalue weighted by Gasteiger charge is -2.36. The van der Waals surface area contributed by atoms with E-state index in [1.165, 1.54) is 30.9 Å². The van der Waals surface area contributed by atoms with Gasteiger partial charge in [0.05, 0.1) is 0 Å². The van der Waals surface area contributed by atoms with Gasteiger partial charge < -0.3 is 9.80 Å². The predicted molar refractivity (Wildman–Crippen MR) is 85.5 cm³/mol. The Morgan fingerprint density at radius 2 is 1.52 bits per heavy atom. The van der Waals surface area contributed by atoms with Gasteiger partial charge in [0.2, 0.25) is 5.82 Å². The Bertz CT molecular complexity index is 819. The summed E-state index contributed by atoms with van der Waals surface area (Å²) in [5.74, 6) is 0.0265. The minimum absolute atomic E-state index is 0.259. The van der Waals surface area contributed by atoms with E-state index in [1.54, 1.807) is 12.1 Å². The van der Waals surface area contributed by atoms with Gasteiger partial charge in [-0.15, -0.1) is 5.10 Å². The molecule has 0 spiro atoms. The van der Waals surface area contributed by atoms with Crippen LogP contribution in [0.3, 0.4) is 0 Å². The molecule has 7 nitrogen and oxygen atoms in total. The van der Waals surface area contributed by atoms with Crippen molar-refractivity contribution in [2.75, 3.05) is 36.0 Å². The van der Waals surface area contributed by atoms with Gasteiger partial charge in [-0.1, -0.05) is 0 Å². The minimum Gasteiger partial charge on any atom is -0.368 e. The molecule has 23 heavy (non-hydrogen) atoms. The summed E-state index contributed by atoms with van der Waals surface area (Å²) in [5, 5.41) is 4.09. The average molecular weight is 319 g/mol. The molecule has 0 amide bonds. The maximum Gasteiger partial charge on any atom is 0.346 e. The second kappa shape index (κ2) is 5.86. The van der Waals surface area contributed by atoms with Gasteiger partial charge in [-0.3, -0.25) is 9.36 Å². The van der Waals surface area contributed by atoms with Crippen molar-refractivity contribution in [1.82, 2.24) is 14.3 Å². The SMILES string of the molecule is Cn1nc(N2CCN(c3ccc(F)cc3)CC2)c(=O)n(C)c1=O. The van der Waals surface area contributed by atoms with Crippen LogP contribution in [0.2, 0.25) is 0 Å². The molecule has 0 radical (unpaired) electrons. The molecule has 122 valence electrons. The molecular weight excluding hydrogens is 301 g/mol. The van der Waals surface area contributed by atoms with Gasteiger partial charge >= 0.3 is 5.69 Å². The summed E-state index contributed by atoms with van der Waals surface area (Å²) in [6.07, 6.45) is 0. The Morgan fingerprint density at radius 3 is 2.13 bits per heavy atom. The monoisotopic (exact) mass is 319 g/mol. The van der Waals surface area contributed by atoms with Gasteiger partial charge in [0.1, 0.15) is 5.82 Å². The Balaban J connectivity index is 1.78. The molecule has 2 heterocycles. The third kappa shape index (κ3) is 2.84. The van der Waals surface area contributed by atoms with Crippen LogP contribution in [-0.2, 0) is 14.1 Å². The van der Waals surface area contributed by atoms with E-state index in [9.17, 15) is 14.0 Å². The van der Waals surface area contributed by atoms with E-state index in [-0.39, 0.29) is 17.2 Å². The topological polar surface area (TPSA) is 63.4 Å². The highest BCUT2D eigenvalue weighted by Gasteiger charge is 2.22. The normalized spacial score (nSPS) is 15.1. The van der Waals surface area contributed by atoms with E-state index in [0.717, 1.165) is 10.3 Å². The summed E-state index contributed by atoms with van der Waals surface area (Å²) in [7, 11) is 2.98. The van der Waals surface area contributed by atoms with Gasteiger partial charge in [0, 0.05) is 46.0 Å². The number of rotatable bonds is 2. The summed E-state index contributed by atoms with van der Waals surface area (Å²) in [6, 6.07) is 6.36. The van der Waals surface area contributed by atoms with Crippen LogP contribution in [0.25, 0.3) is 0 Å². The molecule has 0 saturated carbocycles. The van der Waals surface area contributed by atoms with Crippen LogP contribution >= 0.6 is 0 Å². The number of nitrogens with zero attached hydrogens (tertiary/aromatic N) is 5. The maximum absolute atomic E-state index is 13.0. The van der Waals surface area contributed by atoms with E-state index < -0.39 is 5.69 Å². The molecule has 0 bridgehead atoms. The summed E-state index contributed by atoms with van der Waals surface area (Å²) < 4.78 is 15.2. The lowest BCUT2D eigenvalue weighted by atomic mass is 10.2. The molecule has 3 rings (SSSR count). The Kier molecular flexibility index (Phi) is 3.89. The Morgan fingerprint density at radius 1 is 0.957 bits per heavy atom. The zero-order chi connectivity index (χ0) is 16.6. The second-order valence-corrected chi connectivity index (χ2v) is 5.54. The van der Waals surface area contributed by atoms with Gasteiger partial charge in [0.25, 0.3) is 5.56 Å². The number of anilines is 2. The molecular formula is C15H18FN5O2. The first-order chi connectivity index (χ1) is 11.0. The number of aryl methyl sites for hydroxylation is 1. The fraction of sp³-hybridized carbons (Fsp3) is 0.400. The molecule has 2 aromatic rings. The van der Waals surface area contributed by atoms with Crippen molar-refractivity contribution in [2.45, 2.75) is 0 Å². The van der Waals surface area contributed by atoms with Gasteiger partial charge in [-0.25, -0.2) is 13.9 Å². The molecule has 1 aromatic heterocycles. The molecule has 1 fully saturated rings. The molecule has 1 saturated heterocycles. The number of hydrogen-bond donors (Lipinski definition) is 0. The first-order valence-corrected chi connectivity index (χ1v) is 7.37. The van der Waals surface area contributed by atoms with Gasteiger partial charge in [0.15, 0.2) is 0 Å². The Labute approximate surface area is 132 Å². The molecule has 8 heteroatoms. The van der Waals surface area contributed by atoms with Crippen molar-refractivity contribution in [3.05, 3.63) is 50.9 Å². The van der Waals surface area contributed by atoms with E-state index in [2.05, 4.69) is 10.00 Å². The van der Waals surface area contributed by atoms with E-state index >= 15 is 0 Å². The van der Waals surface area contributed by atoms with Gasteiger partial charge in [-0.05, 0) is 24.3 Å². The third-order valence-electron chi connectivity index (χ3n) is 4.08. The van der Waals surface area contributed by atoms with Crippen molar-refractivity contribution in [3.8, 4) is 0 Å². The van der Waals surface area contributed by atoms with Crippen LogP contribution in [0.4, 0.5) is 15.9 Å². The smallest absolute Gasteiger partial charge is 0.346 e. The van der Waals surface area contributed by atoms with E-state index in [0.29, 0.717) is 26.2 Å². The van der Waals surface area contributed by atoms with Gasteiger partial charge in [-0.2, -0.15) is 0 Å². The molecule has 1 aliphatic rings. The average Bonchev–Trinajstić information content (AvgIpc) is 2.57. The first-order valence-electron chi connectivity index (χ1n) is 7.37. The van der Waals surface area contributed by atoms with Crippen LogP contribution in [0.1, 0.15) is 0 Å². The molecule has 0 N–H and O–H groups in total. The summed E-state index contributed by atoms with van der Waals surface area (Å²) in [5.41, 5.74) is 0.124. The first kappa shape index (κ1) is 15.3. The highest BCUT2D eigenvalue weighted by molar-refractivity contribution is 5.48. The van der Waals surface area contributed by atoms with Crippen LogP contribution in [0.5, 0.6) is 0 Å². The van der Waals surface area contributed by atoms with Crippen LogP contribution in [0.15, 0.2) is 33.9 Å². The highest BCUT2D eigenvalue weighted by Crippen LogP contribution is 2.18. The molecule has 1 aromatic carbocycles. The van der Waals surface area contributed by atoms with Crippen molar-refractivity contribution >= 4 is 11.5 Å². The largest absolute Gasteiger partial charge is 0.368 e. The highest BCUT2D eigenvalue weighted by atomic mass is 19.1. The lowest BCUT2D eigenvalue weighted by molar-refractivity contribution is 0.571. The maximum atomic E-state index is 13.0. The predicted octanol–water partition coefficient (Wildman–Crippen LogP) is -0.0553. The van der Waals surface area contributed by atoms with Crippen LogP contribution in [0, 0.1) is 5.82 Å². The van der Waals surface area contributed by atoms with Crippen LogP contribution < -0.4 is 21.0 Å². The van der Waals surface area contributed by atoms with Crippen LogP contribution in [-0.4, -0.2) is 40.5 Å². The zero-order valence-corrected chi connectivity index (χ0v) is 13.1. The van der Waals surface area contributed by atoms with Crippen molar-refractivity contribution in [2.24, 2.45) is 14.1 Å².